The quantitative estimate of drug-likeness (QED) is 0.844. The van der Waals surface area contributed by atoms with Gasteiger partial charge in [0.15, 0.2) is 5.82 Å². The molecular weight excluding hydrogens is 290 g/mol. The van der Waals surface area contributed by atoms with Gasteiger partial charge in [0, 0.05) is 37.9 Å². The Kier molecular flexibility index (Phi) is 4.48. The summed E-state index contributed by atoms with van der Waals surface area (Å²) >= 11 is 0. The van der Waals surface area contributed by atoms with E-state index in [1.54, 1.807) is 30.5 Å². The van der Waals surface area contributed by atoms with Crippen molar-refractivity contribution in [3.8, 4) is 6.07 Å². The van der Waals surface area contributed by atoms with Crippen LogP contribution in [-0.4, -0.2) is 47.2 Å². The van der Waals surface area contributed by atoms with Gasteiger partial charge in [-0.2, -0.15) is 10.4 Å². The van der Waals surface area contributed by atoms with Crippen LogP contribution in [0.25, 0.3) is 0 Å². The van der Waals surface area contributed by atoms with Gasteiger partial charge in [0.05, 0.1) is 11.6 Å². The highest BCUT2D eigenvalue weighted by atomic mass is 16.2. The maximum absolute atomic E-state index is 12.6. The second-order valence-corrected chi connectivity index (χ2v) is 5.40. The first-order valence-electron chi connectivity index (χ1n) is 7.60. The summed E-state index contributed by atoms with van der Waals surface area (Å²) in [6, 6.07) is 12.6. The summed E-state index contributed by atoms with van der Waals surface area (Å²) in [4.78, 5) is 16.6. The van der Waals surface area contributed by atoms with E-state index >= 15 is 0 Å². The molecule has 1 aromatic heterocycles. The van der Waals surface area contributed by atoms with Gasteiger partial charge in [0.1, 0.15) is 0 Å². The SMILES string of the molecule is N#Cc1ccc(C(=O)N2CCCN(c3cccnn3)CC2)cc1. The van der Waals surface area contributed by atoms with Crippen LogP contribution in [-0.2, 0) is 0 Å². The highest BCUT2D eigenvalue weighted by Gasteiger charge is 2.21. The number of nitrogens with zero attached hydrogens (tertiary/aromatic N) is 5. The molecule has 3 rings (SSSR count). The standard InChI is InChI=1S/C17H17N5O/c18-13-14-4-6-15(7-5-14)17(23)22-10-2-9-21(11-12-22)16-3-1-8-19-20-16/h1,3-8H,2,9-12H2. The van der Waals surface area contributed by atoms with Crippen LogP contribution in [0.1, 0.15) is 22.3 Å². The third kappa shape index (κ3) is 3.46. The Labute approximate surface area is 135 Å². The number of hydrogen-bond acceptors (Lipinski definition) is 5. The Bertz CT molecular complexity index is 708. The number of hydrogen-bond donors (Lipinski definition) is 0. The van der Waals surface area contributed by atoms with E-state index in [1.807, 2.05) is 17.0 Å². The van der Waals surface area contributed by atoms with E-state index in [4.69, 9.17) is 5.26 Å². The van der Waals surface area contributed by atoms with Gasteiger partial charge < -0.3 is 9.80 Å². The van der Waals surface area contributed by atoms with Gasteiger partial charge in [-0.15, -0.1) is 5.10 Å². The third-order valence-electron chi connectivity index (χ3n) is 3.93. The van der Waals surface area contributed by atoms with Gasteiger partial charge in [0.2, 0.25) is 0 Å². The lowest BCUT2D eigenvalue weighted by molar-refractivity contribution is 0.0767. The van der Waals surface area contributed by atoms with Crippen LogP contribution < -0.4 is 4.90 Å². The van der Waals surface area contributed by atoms with Crippen LogP contribution >= 0.6 is 0 Å². The normalized spacial score (nSPS) is 14.9. The van der Waals surface area contributed by atoms with Crippen LogP contribution in [0.2, 0.25) is 0 Å². The first kappa shape index (κ1) is 15.0. The van der Waals surface area contributed by atoms with Crippen molar-refractivity contribution in [3.05, 3.63) is 53.7 Å². The van der Waals surface area contributed by atoms with E-state index in [9.17, 15) is 4.79 Å². The summed E-state index contributed by atoms with van der Waals surface area (Å²) in [6.45, 7) is 2.96. The fraction of sp³-hybridized carbons (Fsp3) is 0.294. The summed E-state index contributed by atoms with van der Waals surface area (Å²) < 4.78 is 0. The molecule has 2 aromatic rings. The van der Waals surface area contributed by atoms with Gasteiger partial charge in [-0.05, 0) is 42.8 Å². The fourth-order valence-corrected chi connectivity index (χ4v) is 2.68. The van der Waals surface area contributed by atoms with Crippen molar-refractivity contribution in [2.24, 2.45) is 0 Å². The Morgan fingerprint density at radius 2 is 1.91 bits per heavy atom. The lowest BCUT2D eigenvalue weighted by Crippen LogP contribution is -2.35. The van der Waals surface area contributed by atoms with Crippen molar-refractivity contribution in [2.75, 3.05) is 31.1 Å². The molecule has 1 fully saturated rings. The Balaban J connectivity index is 1.67. The van der Waals surface area contributed by atoms with Crippen LogP contribution in [0.5, 0.6) is 0 Å². The first-order chi connectivity index (χ1) is 11.3. The molecule has 6 nitrogen and oxygen atoms in total. The van der Waals surface area contributed by atoms with Gasteiger partial charge in [0.25, 0.3) is 5.91 Å². The molecule has 1 saturated heterocycles. The Hall–Kier alpha value is -2.94. The van der Waals surface area contributed by atoms with Crippen LogP contribution in [0, 0.1) is 11.3 Å². The summed E-state index contributed by atoms with van der Waals surface area (Å²) in [5, 5.41) is 16.9. The average Bonchev–Trinajstić information content (AvgIpc) is 2.88. The number of amides is 1. The third-order valence-corrected chi connectivity index (χ3v) is 3.93. The minimum Gasteiger partial charge on any atom is -0.353 e. The summed E-state index contributed by atoms with van der Waals surface area (Å²) in [5.41, 5.74) is 1.18. The summed E-state index contributed by atoms with van der Waals surface area (Å²) in [5.74, 6) is 0.857. The number of carbonyl (C=O) groups excluding carboxylic acids is 1. The predicted octanol–water partition coefficient (Wildman–Crippen LogP) is 1.70. The maximum atomic E-state index is 12.6. The van der Waals surface area contributed by atoms with E-state index in [0.29, 0.717) is 17.7 Å². The second kappa shape index (κ2) is 6.88. The lowest BCUT2D eigenvalue weighted by Gasteiger charge is -2.22. The number of rotatable bonds is 2. The van der Waals surface area contributed by atoms with E-state index in [0.717, 1.165) is 31.9 Å². The lowest BCUT2D eigenvalue weighted by atomic mass is 10.1. The molecule has 6 heteroatoms. The largest absolute Gasteiger partial charge is 0.353 e. The van der Waals surface area contributed by atoms with Gasteiger partial charge in [-0.1, -0.05) is 0 Å². The molecule has 1 aromatic carbocycles. The fourth-order valence-electron chi connectivity index (χ4n) is 2.68. The van der Waals surface area contributed by atoms with E-state index < -0.39 is 0 Å². The maximum Gasteiger partial charge on any atom is 0.253 e. The topological polar surface area (TPSA) is 73.1 Å². The van der Waals surface area contributed by atoms with Gasteiger partial charge in [-0.3, -0.25) is 4.79 Å². The molecule has 0 spiro atoms. The molecule has 0 atom stereocenters. The monoisotopic (exact) mass is 307 g/mol. The van der Waals surface area contributed by atoms with E-state index in [1.165, 1.54) is 0 Å². The zero-order valence-electron chi connectivity index (χ0n) is 12.7. The Morgan fingerprint density at radius 1 is 1.09 bits per heavy atom. The van der Waals surface area contributed by atoms with Crippen LogP contribution in [0.3, 0.4) is 0 Å². The average molecular weight is 307 g/mol. The molecule has 1 amide bonds. The number of benzene rings is 1. The molecule has 1 aliphatic heterocycles. The highest BCUT2D eigenvalue weighted by Crippen LogP contribution is 2.14. The minimum absolute atomic E-state index is 0.00971. The minimum atomic E-state index is 0.00971. The number of carbonyl (C=O) groups is 1. The molecule has 0 radical (unpaired) electrons. The molecule has 0 saturated carbocycles. The highest BCUT2D eigenvalue weighted by molar-refractivity contribution is 5.94. The van der Waals surface area contributed by atoms with Crippen LogP contribution in [0.4, 0.5) is 5.82 Å². The second-order valence-electron chi connectivity index (χ2n) is 5.40. The molecule has 23 heavy (non-hydrogen) atoms. The molecule has 0 bridgehead atoms. The van der Waals surface area contributed by atoms with Crippen molar-refractivity contribution in [1.82, 2.24) is 15.1 Å². The zero-order chi connectivity index (χ0) is 16.1. The molecule has 0 aliphatic carbocycles. The zero-order valence-corrected chi connectivity index (χ0v) is 12.7. The molecule has 0 N–H and O–H groups in total. The Morgan fingerprint density at radius 3 is 2.61 bits per heavy atom. The molecule has 1 aliphatic rings. The van der Waals surface area contributed by atoms with Crippen molar-refractivity contribution < 1.29 is 4.79 Å². The first-order valence-corrected chi connectivity index (χ1v) is 7.60. The smallest absolute Gasteiger partial charge is 0.253 e. The predicted molar refractivity (Wildman–Crippen MR) is 85.9 cm³/mol. The van der Waals surface area contributed by atoms with Crippen molar-refractivity contribution in [3.63, 3.8) is 0 Å². The molecule has 0 unspecified atom stereocenters. The van der Waals surface area contributed by atoms with Gasteiger partial charge in [-0.25, -0.2) is 0 Å². The summed E-state index contributed by atoms with van der Waals surface area (Å²) in [7, 11) is 0. The molecule has 116 valence electrons. The molecule has 2 heterocycles. The van der Waals surface area contributed by atoms with Crippen molar-refractivity contribution >= 4 is 11.7 Å². The molecular formula is C17H17N5O. The number of nitriles is 1. The number of anilines is 1. The summed E-state index contributed by atoms with van der Waals surface area (Å²) in [6.07, 6.45) is 2.54. The van der Waals surface area contributed by atoms with E-state index in [2.05, 4.69) is 21.2 Å². The van der Waals surface area contributed by atoms with Crippen molar-refractivity contribution in [1.29, 1.82) is 5.26 Å². The number of aromatic nitrogens is 2. The van der Waals surface area contributed by atoms with Gasteiger partial charge >= 0.3 is 0 Å². The van der Waals surface area contributed by atoms with Crippen LogP contribution in [0.15, 0.2) is 42.6 Å². The van der Waals surface area contributed by atoms with Crippen molar-refractivity contribution in [2.45, 2.75) is 6.42 Å². The van der Waals surface area contributed by atoms with E-state index in [-0.39, 0.29) is 5.91 Å².